The zero-order valence-electron chi connectivity index (χ0n) is 9.19. The van der Waals surface area contributed by atoms with Crippen LogP contribution in [0.5, 0.6) is 16.7 Å². The quantitative estimate of drug-likeness (QED) is 0.849. The van der Waals surface area contributed by atoms with E-state index in [0.29, 0.717) is 11.5 Å². The Balaban J connectivity index is 2.22. The summed E-state index contributed by atoms with van der Waals surface area (Å²) in [5.74, 6) is 0.754. The van der Waals surface area contributed by atoms with Gasteiger partial charge in [0.25, 0.3) is 5.19 Å². The maximum Gasteiger partial charge on any atom is 0.434 e. The molecule has 18 heavy (non-hydrogen) atoms. The molecule has 0 radical (unpaired) electrons. The number of thiazole rings is 1. The van der Waals surface area contributed by atoms with Gasteiger partial charge in [-0.3, -0.25) is 0 Å². The van der Waals surface area contributed by atoms with E-state index in [4.69, 9.17) is 9.47 Å². The minimum absolute atomic E-state index is 0.0770. The van der Waals surface area contributed by atoms with Crippen molar-refractivity contribution < 1.29 is 22.6 Å². The Morgan fingerprint density at radius 1 is 1.17 bits per heavy atom. The van der Waals surface area contributed by atoms with Crippen molar-refractivity contribution in [1.82, 2.24) is 4.98 Å². The fourth-order valence-corrected chi connectivity index (χ4v) is 1.92. The van der Waals surface area contributed by atoms with Crippen LogP contribution in [0.2, 0.25) is 0 Å². The van der Waals surface area contributed by atoms with E-state index >= 15 is 0 Å². The highest BCUT2D eigenvalue weighted by Gasteiger charge is 2.34. The Morgan fingerprint density at radius 2 is 1.83 bits per heavy atom. The van der Waals surface area contributed by atoms with Crippen molar-refractivity contribution in [2.24, 2.45) is 0 Å². The third kappa shape index (κ3) is 2.73. The monoisotopic (exact) mass is 275 g/mol. The van der Waals surface area contributed by atoms with Crippen LogP contribution in [0.4, 0.5) is 13.2 Å². The summed E-state index contributed by atoms with van der Waals surface area (Å²) in [6.07, 6.45) is -4.46. The summed E-state index contributed by atoms with van der Waals surface area (Å²) in [5.41, 5.74) is -0.961. The van der Waals surface area contributed by atoms with Gasteiger partial charge in [-0.1, -0.05) is 23.5 Å². The normalized spacial score (nSPS) is 11.3. The van der Waals surface area contributed by atoms with E-state index < -0.39 is 11.9 Å². The molecule has 0 saturated carbocycles. The van der Waals surface area contributed by atoms with E-state index in [1.165, 1.54) is 7.11 Å². The van der Waals surface area contributed by atoms with E-state index in [1.807, 2.05) is 0 Å². The minimum Gasteiger partial charge on any atom is -0.493 e. The number of ether oxygens (including phenoxy) is 2. The summed E-state index contributed by atoms with van der Waals surface area (Å²) in [7, 11) is 1.45. The predicted octanol–water partition coefficient (Wildman–Crippen LogP) is 3.96. The van der Waals surface area contributed by atoms with Crippen molar-refractivity contribution >= 4 is 11.3 Å². The molecule has 0 N–H and O–H groups in total. The Bertz CT molecular complexity index is 539. The van der Waals surface area contributed by atoms with Crippen molar-refractivity contribution in [2.75, 3.05) is 7.11 Å². The van der Waals surface area contributed by atoms with Crippen molar-refractivity contribution in [2.45, 2.75) is 6.18 Å². The Kier molecular flexibility index (Phi) is 3.42. The van der Waals surface area contributed by atoms with Gasteiger partial charge in [0.05, 0.1) is 7.11 Å². The zero-order chi connectivity index (χ0) is 13.2. The molecule has 0 aliphatic carbocycles. The number of rotatable bonds is 3. The van der Waals surface area contributed by atoms with Gasteiger partial charge in [-0.2, -0.15) is 18.2 Å². The van der Waals surface area contributed by atoms with Crippen LogP contribution in [0.3, 0.4) is 0 Å². The first kappa shape index (κ1) is 12.7. The summed E-state index contributed by atoms with van der Waals surface area (Å²) in [5, 5.41) is 0.830. The van der Waals surface area contributed by atoms with Gasteiger partial charge in [0, 0.05) is 5.38 Å². The molecule has 2 rings (SSSR count). The number of benzene rings is 1. The van der Waals surface area contributed by atoms with Crippen LogP contribution < -0.4 is 9.47 Å². The number of nitrogens with zero attached hydrogens (tertiary/aromatic N) is 1. The zero-order valence-corrected chi connectivity index (χ0v) is 10.0. The van der Waals surface area contributed by atoms with E-state index in [9.17, 15) is 13.2 Å². The Morgan fingerprint density at radius 3 is 2.39 bits per heavy atom. The molecular weight excluding hydrogens is 267 g/mol. The van der Waals surface area contributed by atoms with Crippen LogP contribution >= 0.6 is 11.3 Å². The van der Waals surface area contributed by atoms with Gasteiger partial charge >= 0.3 is 6.18 Å². The molecule has 0 aliphatic heterocycles. The van der Waals surface area contributed by atoms with Crippen molar-refractivity contribution in [3.8, 4) is 16.7 Å². The minimum atomic E-state index is -4.46. The van der Waals surface area contributed by atoms with E-state index in [0.717, 1.165) is 16.7 Å². The number of hydrogen-bond acceptors (Lipinski definition) is 4. The third-order valence-corrected chi connectivity index (χ3v) is 2.76. The van der Waals surface area contributed by atoms with E-state index in [2.05, 4.69) is 4.98 Å². The average molecular weight is 275 g/mol. The molecule has 1 aromatic heterocycles. The van der Waals surface area contributed by atoms with Crippen LogP contribution in [0, 0.1) is 0 Å². The summed E-state index contributed by atoms with van der Waals surface area (Å²) in [6, 6.07) is 6.66. The average Bonchev–Trinajstić information content (AvgIpc) is 2.78. The largest absolute Gasteiger partial charge is 0.493 e. The molecule has 7 heteroatoms. The maximum absolute atomic E-state index is 12.3. The molecule has 0 unspecified atom stereocenters. The van der Waals surface area contributed by atoms with Crippen molar-refractivity contribution in [1.29, 1.82) is 0 Å². The van der Waals surface area contributed by atoms with Gasteiger partial charge in [-0.05, 0) is 12.1 Å². The summed E-state index contributed by atoms with van der Waals surface area (Å²) in [4.78, 5) is 3.37. The second-order valence-corrected chi connectivity index (χ2v) is 4.07. The van der Waals surface area contributed by atoms with Gasteiger partial charge in [0.2, 0.25) is 0 Å². The van der Waals surface area contributed by atoms with Gasteiger partial charge in [0.1, 0.15) is 0 Å². The number of aromatic nitrogens is 1. The summed E-state index contributed by atoms with van der Waals surface area (Å²) < 4.78 is 47.3. The molecule has 0 saturated heterocycles. The van der Waals surface area contributed by atoms with Gasteiger partial charge < -0.3 is 9.47 Å². The second kappa shape index (κ2) is 4.85. The van der Waals surface area contributed by atoms with Crippen LogP contribution in [0.15, 0.2) is 29.6 Å². The van der Waals surface area contributed by atoms with Gasteiger partial charge in [-0.25, -0.2) is 0 Å². The fraction of sp³-hybridized carbons (Fsp3) is 0.182. The number of hydrogen-bond donors (Lipinski definition) is 0. The Labute approximate surface area is 105 Å². The molecule has 0 fully saturated rings. The lowest BCUT2D eigenvalue weighted by molar-refractivity contribution is -0.140. The molecular formula is C11H8F3NO2S. The Hall–Kier alpha value is -1.76. The first-order valence-electron chi connectivity index (χ1n) is 4.84. The smallest absolute Gasteiger partial charge is 0.434 e. The SMILES string of the molecule is COc1ccccc1Oc1nc(C(F)(F)F)cs1. The van der Waals surface area contributed by atoms with E-state index in [-0.39, 0.29) is 5.19 Å². The standard InChI is InChI=1S/C11H8F3NO2S/c1-16-7-4-2-3-5-8(7)17-10-15-9(6-18-10)11(12,13)14/h2-6H,1H3. The van der Waals surface area contributed by atoms with Crippen molar-refractivity contribution in [3.05, 3.63) is 35.3 Å². The third-order valence-electron chi connectivity index (χ3n) is 2.04. The first-order valence-corrected chi connectivity index (χ1v) is 5.72. The molecule has 0 bridgehead atoms. The summed E-state index contributed by atoms with van der Waals surface area (Å²) in [6.45, 7) is 0. The van der Waals surface area contributed by atoms with Crippen LogP contribution in [0.1, 0.15) is 5.69 Å². The van der Waals surface area contributed by atoms with Crippen LogP contribution in [0.25, 0.3) is 0 Å². The predicted molar refractivity (Wildman–Crippen MR) is 60.2 cm³/mol. The number of para-hydroxylation sites is 2. The molecule has 1 heterocycles. The van der Waals surface area contributed by atoms with Crippen LogP contribution in [-0.2, 0) is 6.18 Å². The number of methoxy groups -OCH3 is 1. The lowest BCUT2D eigenvalue weighted by Crippen LogP contribution is -2.04. The molecule has 3 nitrogen and oxygen atoms in total. The lowest BCUT2D eigenvalue weighted by atomic mass is 10.3. The number of halogens is 3. The maximum atomic E-state index is 12.3. The molecule has 0 atom stereocenters. The highest BCUT2D eigenvalue weighted by atomic mass is 32.1. The van der Waals surface area contributed by atoms with Crippen molar-refractivity contribution in [3.63, 3.8) is 0 Å². The topological polar surface area (TPSA) is 31.4 Å². The first-order chi connectivity index (χ1) is 8.50. The van der Waals surface area contributed by atoms with Gasteiger partial charge in [0.15, 0.2) is 17.2 Å². The molecule has 96 valence electrons. The molecule has 0 aliphatic rings. The highest BCUT2D eigenvalue weighted by Crippen LogP contribution is 2.36. The highest BCUT2D eigenvalue weighted by molar-refractivity contribution is 7.11. The molecule has 2 aromatic rings. The molecule has 0 spiro atoms. The number of alkyl halides is 3. The van der Waals surface area contributed by atoms with Gasteiger partial charge in [-0.15, -0.1) is 0 Å². The fourth-order valence-electron chi connectivity index (χ4n) is 1.23. The van der Waals surface area contributed by atoms with E-state index in [1.54, 1.807) is 24.3 Å². The molecule has 0 amide bonds. The lowest BCUT2D eigenvalue weighted by Gasteiger charge is -2.07. The van der Waals surface area contributed by atoms with Crippen LogP contribution in [-0.4, -0.2) is 12.1 Å². The summed E-state index contributed by atoms with van der Waals surface area (Å²) >= 11 is 0.782. The molecule has 1 aromatic carbocycles. The second-order valence-electron chi connectivity index (χ2n) is 3.25.